The summed E-state index contributed by atoms with van der Waals surface area (Å²) in [7, 11) is 1.67. The quantitative estimate of drug-likeness (QED) is 0.491. The van der Waals surface area contributed by atoms with Crippen molar-refractivity contribution in [2.75, 3.05) is 20.2 Å². The van der Waals surface area contributed by atoms with Crippen LogP contribution in [0.15, 0.2) is 47.6 Å². The number of hydrogen-bond donors (Lipinski definition) is 3. The zero-order chi connectivity index (χ0) is 19.8. The fraction of sp³-hybridized carbons (Fsp3) is 0.333. The minimum absolute atomic E-state index is 0.0436. The first kappa shape index (κ1) is 20.5. The summed E-state index contributed by atoms with van der Waals surface area (Å²) >= 11 is 0. The molecule has 0 bridgehead atoms. The molecule has 0 saturated carbocycles. The lowest BCUT2D eigenvalue weighted by Crippen LogP contribution is -3.10. The van der Waals surface area contributed by atoms with E-state index in [0.717, 1.165) is 36.5 Å². The van der Waals surface area contributed by atoms with E-state index in [4.69, 9.17) is 4.74 Å². The third-order valence-corrected chi connectivity index (χ3v) is 4.57. The molecule has 0 fully saturated rings. The highest BCUT2D eigenvalue weighted by Gasteiger charge is 2.12. The number of rotatable bonds is 8. The molecular formula is C21H28N3O3+. The predicted octanol–water partition coefficient (Wildman–Crippen LogP) is 1.98. The zero-order valence-electron chi connectivity index (χ0n) is 16.4. The summed E-state index contributed by atoms with van der Waals surface area (Å²) in [5, 5.41) is 13.7. The van der Waals surface area contributed by atoms with Gasteiger partial charge in [0.05, 0.1) is 25.9 Å². The number of hydrazone groups is 1. The summed E-state index contributed by atoms with van der Waals surface area (Å²) in [4.78, 5) is 13.6. The van der Waals surface area contributed by atoms with E-state index in [1.807, 2.05) is 19.1 Å². The van der Waals surface area contributed by atoms with Gasteiger partial charge in [-0.05, 0) is 62.7 Å². The molecule has 0 atom stereocenters. The van der Waals surface area contributed by atoms with Crippen molar-refractivity contribution in [3.8, 4) is 11.5 Å². The van der Waals surface area contributed by atoms with Crippen LogP contribution in [-0.2, 0) is 6.54 Å². The molecule has 0 unspecified atom stereocenters. The molecule has 0 heterocycles. The predicted molar refractivity (Wildman–Crippen MR) is 107 cm³/mol. The van der Waals surface area contributed by atoms with Crippen LogP contribution in [0.3, 0.4) is 0 Å². The number of amides is 1. The van der Waals surface area contributed by atoms with Gasteiger partial charge in [0.1, 0.15) is 18.0 Å². The number of aromatic hydroxyl groups is 1. The van der Waals surface area contributed by atoms with Gasteiger partial charge in [0, 0.05) is 11.1 Å². The Hall–Kier alpha value is -2.86. The van der Waals surface area contributed by atoms with Crippen LogP contribution in [-0.4, -0.2) is 36.9 Å². The van der Waals surface area contributed by atoms with E-state index in [1.165, 1.54) is 17.0 Å². The first-order valence-electron chi connectivity index (χ1n) is 9.13. The average molecular weight is 370 g/mol. The number of hydrogen-bond acceptors (Lipinski definition) is 4. The first-order chi connectivity index (χ1) is 13.0. The van der Waals surface area contributed by atoms with Crippen LogP contribution >= 0.6 is 0 Å². The number of ether oxygens (including phenoxy) is 1. The van der Waals surface area contributed by atoms with Crippen LogP contribution in [0.4, 0.5) is 0 Å². The standard InChI is InChI=1S/C21H27N3O3/c1-5-24(6-2)14-18-12-16(10-11-20(18)27-4)15(3)22-23-21(26)17-8-7-9-19(25)13-17/h7-13,25H,5-6,14H2,1-4H3,(H,23,26)/p+1/b22-15-. The maximum atomic E-state index is 12.2. The fourth-order valence-corrected chi connectivity index (χ4v) is 2.82. The Bertz CT molecular complexity index is 814. The van der Waals surface area contributed by atoms with Crippen LogP contribution in [0.1, 0.15) is 42.3 Å². The lowest BCUT2D eigenvalue weighted by atomic mass is 10.1. The molecule has 2 aromatic rings. The van der Waals surface area contributed by atoms with Gasteiger partial charge in [0.2, 0.25) is 0 Å². The molecule has 2 rings (SSSR count). The lowest BCUT2D eigenvalue weighted by molar-refractivity contribution is -0.910. The topological polar surface area (TPSA) is 75.4 Å². The second kappa shape index (κ2) is 9.73. The lowest BCUT2D eigenvalue weighted by Gasteiger charge is -2.18. The summed E-state index contributed by atoms with van der Waals surface area (Å²) in [6.07, 6.45) is 0. The third-order valence-electron chi connectivity index (χ3n) is 4.57. The molecule has 6 nitrogen and oxygen atoms in total. The fourth-order valence-electron chi connectivity index (χ4n) is 2.82. The SMILES string of the molecule is CC[NH+](CC)Cc1cc(/C(C)=N\NC(=O)c2cccc(O)c2)ccc1OC. The van der Waals surface area contributed by atoms with Gasteiger partial charge in [0.15, 0.2) is 0 Å². The van der Waals surface area contributed by atoms with Gasteiger partial charge in [0.25, 0.3) is 5.91 Å². The van der Waals surface area contributed by atoms with E-state index < -0.39 is 0 Å². The Labute approximate surface area is 160 Å². The highest BCUT2D eigenvalue weighted by Crippen LogP contribution is 2.19. The van der Waals surface area contributed by atoms with Crippen molar-refractivity contribution >= 4 is 11.6 Å². The molecule has 0 aliphatic heterocycles. The Balaban J connectivity index is 2.18. The Kier molecular flexibility index (Phi) is 7.37. The minimum atomic E-state index is -0.369. The van der Waals surface area contributed by atoms with Crippen LogP contribution in [0.2, 0.25) is 0 Å². The van der Waals surface area contributed by atoms with Crippen molar-refractivity contribution in [3.05, 3.63) is 59.2 Å². The molecule has 0 spiro atoms. The number of benzene rings is 2. The number of methoxy groups -OCH3 is 1. The van der Waals surface area contributed by atoms with E-state index in [0.29, 0.717) is 11.3 Å². The molecule has 144 valence electrons. The summed E-state index contributed by atoms with van der Waals surface area (Å²) in [6.45, 7) is 9.12. The smallest absolute Gasteiger partial charge is 0.271 e. The number of carbonyl (C=O) groups is 1. The zero-order valence-corrected chi connectivity index (χ0v) is 16.4. The van der Waals surface area contributed by atoms with Gasteiger partial charge < -0.3 is 14.7 Å². The van der Waals surface area contributed by atoms with Gasteiger partial charge in [-0.25, -0.2) is 5.43 Å². The monoisotopic (exact) mass is 370 g/mol. The van der Waals surface area contributed by atoms with Crippen molar-refractivity contribution in [1.82, 2.24) is 5.43 Å². The van der Waals surface area contributed by atoms with Crippen molar-refractivity contribution in [2.45, 2.75) is 27.3 Å². The minimum Gasteiger partial charge on any atom is -0.508 e. The number of phenolic OH excluding ortho intramolecular Hbond substituents is 1. The molecule has 0 saturated heterocycles. The normalized spacial score (nSPS) is 11.5. The van der Waals surface area contributed by atoms with Gasteiger partial charge in [-0.3, -0.25) is 4.79 Å². The number of quaternary nitrogens is 1. The maximum absolute atomic E-state index is 12.2. The summed E-state index contributed by atoms with van der Waals surface area (Å²) in [5.41, 5.74) is 5.63. The molecule has 0 aliphatic rings. The number of phenols is 1. The van der Waals surface area contributed by atoms with Crippen molar-refractivity contribution in [2.24, 2.45) is 5.10 Å². The van der Waals surface area contributed by atoms with E-state index in [1.54, 1.807) is 19.2 Å². The molecule has 27 heavy (non-hydrogen) atoms. The second-order valence-electron chi connectivity index (χ2n) is 6.35. The molecule has 3 N–H and O–H groups in total. The van der Waals surface area contributed by atoms with Gasteiger partial charge in [-0.15, -0.1) is 0 Å². The second-order valence-corrected chi connectivity index (χ2v) is 6.35. The van der Waals surface area contributed by atoms with Crippen LogP contribution < -0.4 is 15.1 Å². The molecule has 1 amide bonds. The molecular weight excluding hydrogens is 342 g/mol. The summed E-state index contributed by atoms with van der Waals surface area (Å²) in [6, 6.07) is 12.1. The maximum Gasteiger partial charge on any atom is 0.271 e. The van der Waals surface area contributed by atoms with Crippen LogP contribution in [0.25, 0.3) is 0 Å². The van der Waals surface area contributed by atoms with Gasteiger partial charge >= 0.3 is 0 Å². The summed E-state index contributed by atoms with van der Waals surface area (Å²) in [5.74, 6) is 0.531. The van der Waals surface area contributed by atoms with E-state index in [2.05, 4.69) is 30.4 Å². The molecule has 0 radical (unpaired) electrons. The Morgan fingerprint density at radius 3 is 2.52 bits per heavy atom. The molecule has 6 heteroatoms. The highest BCUT2D eigenvalue weighted by atomic mass is 16.5. The van der Waals surface area contributed by atoms with Crippen molar-refractivity contribution in [1.29, 1.82) is 0 Å². The van der Waals surface area contributed by atoms with Crippen LogP contribution in [0, 0.1) is 0 Å². The summed E-state index contributed by atoms with van der Waals surface area (Å²) < 4.78 is 5.49. The van der Waals surface area contributed by atoms with E-state index in [-0.39, 0.29) is 11.7 Å². The Morgan fingerprint density at radius 2 is 1.89 bits per heavy atom. The third kappa shape index (κ3) is 5.56. The molecule has 0 aromatic heterocycles. The van der Waals surface area contributed by atoms with Crippen molar-refractivity contribution in [3.63, 3.8) is 0 Å². The highest BCUT2D eigenvalue weighted by molar-refractivity contribution is 6.01. The largest absolute Gasteiger partial charge is 0.508 e. The molecule has 2 aromatic carbocycles. The van der Waals surface area contributed by atoms with Gasteiger partial charge in [-0.2, -0.15) is 5.10 Å². The van der Waals surface area contributed by atoms with Gasteiger partial charge in [-0.1, -0.05) is 6.07 Å². The number of nitrogens with one attached hydrogen (secondary N) is 2. The Morgan fingerprint density at radius 1 is 1.15 bits per heavy atom. The average Bonchev–Trinajstić information content (AvgIpc) is 2.69. The first-order valence-corrected chi connectivity index (χ1v) is 9.13. The van der Waals surface area contributed by atoms with Crippen LogP contribution in [0.5, 0.6) is 11.5 Å². The number of carbonyl (C=O) groups excluding carboxylic acids is 1. The number of nitrogens with zero attached hydrogens (tertiary/aromatic N) is 1. The molecule has 0 aliphatic carbocycles. The van der Waals surface area contributed by atoms with E-state index >= 15 is 0 Å². The van der Waals surface area contributed by atoms with E-state index in [9.17, 15) is 9.90 Å². The van der Waals surface area contributed by atoms with Crippen molar-refractivity contribution < 1.29 is 19.5 Å².